The van der Waals surface area contributed by atoms with E-state index in [1.165, 1.54) is 17.6 Å². The maximum absolute atomic E-state index is 10.0. The second kappa shape index (κ2) is 5.62. The van der Waals surface area contributed by atoms with Crippen molar-refractivity contribution >= 4 is 34.6 Å². The molecule has 0 spiro atoms. The van der Waals surface area contributed by atoms with E-state index < -0.39 is 0 Å². The normalized spacial score (nSPS) is 6.50. The van der Waals surface area contributed by atoms with E-state index in [1.54, 1.807) is 5.38 Å². The number of H-pyrrole nitrogens is 1. The van der Waals surface area contributed by atoms with Gasteiger partial charge in [0.25, 0.3) is 5.56 Å². The van der Waals surface area contributed by atoms with Crippen LogP contribution in [0.1, 0.15) is 0 Å². The molecule has 0 aromatic carbocycles. The van der Waals surface area contributed by atoms with Crippen LogP contribution in [-0.2, 0) is 0 Å². The minimum Gasteiger partial charge on any atom is -1.00 e. The maximum Gasteiger partial charge on any atom is 2.00 e. The van der Waals surface area contributed by atoms with Gasteiger partial charge in [0.2, 0.25) is 0 Å². The molecular formula is C3H3ClMgNOS+. The van der Waals surface area contributed by atoms with Gasteiger partial charge in [0.1, 0.15) is 0 Å². The van der Waals surface area contributed by atoms with Gasteiger partial charge in [0, 0.05) is 11.4 Å². The molecule has 1 N–H and O–H groups in total. The minimum absolute atomic E-state index is 0. The molecule has 0 fully saturated rings. The topological polar surface area (TPSA) is 32.9 Å². The molecule has 1 aromatic heterocycles. The van der Waals surface area contributed by atoms with Crippen LogP contribution in [0.25, 0.3) is 0 Å². The Morgan fingerprint density at radius 1 is 1.62 bits per heavy atom. The van der Waals surface area contributed by atoms with Gasteiger partial charge in [-0.3, -0.25) is 9.17 Å². The Balaban J connectivity index is 0. The van der Waals surface area contributed by atoms with Crippen LogP contribution in [0, 0.1) is 0 Å². The zero-order valence-electron chi connectivity index (χ0n) is 4.06. The first-order chi connectivity index (χ1) is 2.89. The Kier molecular flexibility index (Phi) is 7.94. The predicted molar refractivity (Wildman–Crippen MR) is 30.7 cm³/mol. The van der Waals surface area contributed by atoms with E-state index in [1.807, 2.05) is 0 Å². The van der Waals surface area contributed by atoms with Crippen LogP contribution >= 0.6 is 11.5 Å². The summed E-state index contributed by atoms with van der Waals surface area (Å²) < 4.78 is 2.49. The zero-order valence-corrected chi connectivity index (χ0v) is 7.04. The van der Waals surface area contributed by atoms with Crippen molar-refractivity contribution in [2.75, 3.05) is 0 Å². The summed E-state index contributed by atoms with van der Waals surface area (Å²) in [5.41, 5.74) is -0.0139. The summed E-state index contributed by atoms with van der Waals surface area (Å²) in [5, 5.41) is 1.71. The first-order valence-corrected chi connectivity index (χ1v) is 2.40. The predicted octanol–water partition coefficient (Wildman–Crippen LogP) is -2.94. The third-order valence-electron chi connectivity index (χ3n) is 0.447. The van der Waals surface area contributed by atoms with Gasteiger partial charge in [-0.15, -0.1) is 0 Å². The molecule has 0 atom stereocenters. The van der Waals surface area contributed by atoms with Crippen molar-refractivity contribution in [3.8, 4) is 0 Å². The third-order valence-corrected chi connectivity index (χ3v) is 1.04. The van der Waals surface area contributed by atoms with Crippen molar-refractivity contribution < 1.29 is 12.4 Å². The molecule has 8 heavy (non-hydrogen) atoms. The number of hydrogen-bond acceptors (Lipinski definition) is 2. The van der Waals surface area contributed by atoms with Gasteiger partial charge < -0.3 is 12.4 Å². The summed E-state index contributed by atoms with van der Waals surface area (Å²) in [5.74, 6) is 0. The Bertz CT molecular complexity index is 157. The van der Waals surface area contributed by atoms with Gasteiger partial charge >= 0.3 is 23.1 Å². The molecule has 0 unspecified atom stereocenters. The molecule has 0 saturated heterocycles. The Morgan fingerprint density at radius 2 is 2.25 bits per heavy atom. The van der Waals surface area contributed by atoms with Crippen molar-refractivity contribution in [3.05, 3.63) is 21.8 Å². The monoisotopic (exact) mass is 160 g/mol. The van der Waals surface area contributed by atoms with Gasteiger partial charge in [-0.1, -0.05) is 11.5 Å². The number of aromatic amines is 1. The zero-order chi connectivity index (χ0) is 4.41. The molecule has 1 rings (SSSR count). The Labute approximate surface area is 73.0 Å². The average molecular weight is 161 g/mol. The van der Waals surface area contributed by atoms with Crippen molar-refractivity contribution in [1.82, 2.24) is 4.37 Å². The number of rotatable bonds is 0. The van der Waals surface area contributed by atoms with Crippen LogP contribution in [0.2, 0.25) is 0 Å². The van der Waals surface area contributed by atoms with Gasteiger partial charge in [-0.25, -0.2) is 0 Å². The van der Waals surface area contributed by atoms with E-state index in [4.69, 9.17) is 0 Å². The summed E-state index contributed by atoms with van der Waals surface area (Å²) in [7, 11) is 0. The molecule has 0 aliphatic rings. The fourth-order valence-corrected chi connectivity index (χ4v) is 0.666. The average Bonchev–Trinajstić information content (AvgIpc) is 1.86. The van der Waals surface area contributed by atoms with Crippen LogP contribution in [0.3, 0.4) is 0 Å². The molecule has 0 amide bonds. The van der Waals surface area contributed by atoms with E-state index in [9.17, 15) is 4.79 Å². The van der Waals surface area contributed by atoms with Gasteiger partial charge in [-0.2, -0.15) is 0 Å². The van der Waals surface area contributed by atoms with Crippen molar-refractivity contribution in [2.24, 2.45) is 0 Å². The first kappa shape index (κ1) is 11.3. The van der Waals surface area contributed by atoms with Crippen LogP contribution in [0.5, 0.6) is 0 Å². The molecule has 0 saturated carbocycles. The molecule has 0 aliphatic heterocycles. The summed E-state index contributed by atoms with van der Waals surface area (Å²) in [6.45, 7) is 0. The summed E-state index contributed by atoms with van der Waals surface area (Å²) in [4.78, 5) is 10.0. The number of hydrogen-bond donors (Lipinski definition) is 1. The molecule has 1 aromatic rings. The van der Waals surface area contributed by atoms with Crippen LogP contribution in [-0.4, -0.2) is 27.4 Å². The fraction of sp³-hybridized carbons (Fsp3) is 0. The number of nitrogens with one attached hydrogen (secondary N) is 1. The maximum atomic E-state index is 10.0. The van der Waals surface area contributed by atoms with Gasteiger partial charge in [-0.05, 0) is 0 Å². The van der Waals surface area contributed by atoms with E-state index in [2.05, 4.69) is 4.37 Å². The Morgan fingerprint density at radius 3 is 2.38 bits per heavy atom. The van der Waals surface area contributed by atoms with Crippen LogP contribution in [0.15, 0.2) is 16.2 Å². The summed E-state index contributed by atoms with van der Waals surface area (Å²) in [6, 6.07) is 1.49. The molecule has 0 aliphatic carbocycles. The van der Waals surface area contributed by atoms with E-state index in [-0.39, 0.29) is 41.0 Å². The summed E-state index contributed by atoms with van der Waals surface area (Å²) >= 11 is 1.30. The quantitative estimate of drug-likeness (QED) is 0.405. The molecule has 5 heteroatoms. The molecule has 2 nitrogen and oxygen atoms in total. The van der Waals surface area contributed by atoms with Gasteiger partial charge in [0.05, 0.1) is 0 Å². The second-order valence-corrected chi connectivity index (χ2v) is 1.60. The Hall–Kier alpha value is 0.486. The molecule has 0 radical (unpaired) electrons. The van der Waals surface area contributed by atoms with E-state index >= 15 is 0 Å². The van der Waals surface area contributed by atoms with Crippen LogP contribution < -0.4 is 18.0 Å². The van der Waals surface area contributed by atoms with Crippen molar-refractivity contribution in [1.29, 1.82) is 0 Å². The first-order valence-electron chi connectivity index (χ1n) is 1.52. The van der Waals surface area contributed by atoms with Crippen molar-refractivity contribution in [3.63, 3.8) is 0 Å². The molecule has 1 heterocycles. The van der Waals surface area contributed by atoms with Gasteiger partial charge in [0.15, 0.2) is 0 Å². The fourth-order valence-electron chi connectivity index (χ4n) is 0.222. The smallest absolute Gasteiger partial charge is 1.00 e. The minimum atomic E-state index is -0.0139. The van der Waals surface area contributed by atoms with E-state index in [0.717, 1.165) is 0 Å². The standard InChI is InChI=1S/C3H3NOS.ClH.Mg/c5-3-1-2-6-4-3;;/h1-2H,(H,4,5);1H;/q;;+2/p-1. The SMILES string of the molecule is O=c1ccs[nH]1.[Cl-].[Mg+2]. The molecule has 40 valence electrons. The van der Waals surface area contributed by atoms with Crippen molar-refractivity contribution in [2.45, 2.75) is 0 Å². The third kappa shape index (κ3) is 3.48. The second-order valence-electron chi connectivity index (χ2n) is 0.887. The van der Waals surface area contributed by atoms with Crippen LogP contribution in [0.4, 0.5) is 0 Å². The van der Waals surface area contributed by atoms with E-state index in [0.29, 0.717) is 0 Å². The largest absolute Gasteiger partial charge is 2.00 e. The number of halogens is 1. The molecular weight excluding hydrogens is 158 g/mol. The number of aromatic nitrogens is 1. The summed E-state index contributed by atoms with van der Waals surface area (Å²) in [6.07, 6.45) is 0. The molecule has 0 bridgehead atoms.